The minimum atomic E-state index is -0.164. The van der Waals surface area contributed by atoms with Gasteiger partial charge in [-0.05, 0) is 31.7 Å². The summed E-state index contributed by atoms with van der Waals surface area (Å²) in [5, 5.41) is 2.80. The third-order valence-corrected chi connectivity index (χ3v) is 4.05. The van der Waals surface area contributed by atoms with Gasteiger partial charge in [0.05, 0.1) is 17.9 Å². The highest BCUT2D eigenvalue weighted by Crippen LogP contribution is 2.28. The lowest BCUT2D eigenvalue weighted by Crippen LogP contribution is -2.45. The van der Waals surface area contributed by atoms with Crippen molar-refractivity contribution in [3.8, 4) is 0 Å². The molecule has 0 saturated carbocycles. The SMILES string of the molecule is Cc1ccc(CN(C)CC(=O)N2CC(=O)Nc3ccccc32)cc1. The van der Waals surface area contributed by atoms with Gasteiger partial charge in [0, 0.05) is 6.54 Å². The van der Waals surface area contributed by atoms with E-state index >= 15 is 0 Å². The van der Waals surface area contributed by atoms with Crippen LogP contribution in [-0.2, 0) is 16.1 Å². The number of anilines is 2. The highest BCUT2D eigenvalue weighted by Gasteiger charge is 2.26. The van der Waals surface area contributed by atoms with Crippen LogP contribution < -0.4 is 10.2 Å². The van der Waals surface area contributed by atoms with Crippen molar-refractivity contribution < 1.29 is 9.59 Å². The van der Waals surface area contributed by atoms with Gasteiger partial charge in [0.25, 0.3) is 0 Å². The Balaban J connectivity index is 1.68. The number of rotatable bonds is 4. The summed E-state index contributed by atoms with van der Waals surface area (Å²) in [6, 6.07) is 15.6. The van der Waals surface area contributed by atoms with Gasteiger partial charge in [-0.2, -0.15) is 0 Å². The van der Waals surface area contributed by atoms with Crippen LogP contribution in [-0.4, -0.2) is 36.9 Å². The molecule has 124 valence electrons. The molecule has 0 aliphatic carbocycles. The molecule has 1 heterocycles. The number of hydrogen-bond acceptors (Lipinski definition) is 3. The summed E-state index contributed by atoms with van der Waals surface area (Å²) in [4.78, 5) is 28.0. The Bertz CT molecular complexity index is 755. The first-order valence-electron chi connectivity index (χ1n) is 7.96. The minimum absolute atomic E-state index is 0.0637. The molecule has 0 bridgehead atoms. The first-order chi connectivity index (χ1) is 11.5. The molecule has 2 aromatic carbocycles. The standard InChI is InChI=1S/C19H21N3O2/c1-14-7-9-15(10-8-14)11-21(2)13-19(24)22-12-18(23)20-16-5-3-4-6-17(16)22/h3-10H,11-13H2,1-2H3,(H,20,23). The molecular weight excluding hydrogens is 302 g/mol. The number of para-hydroxylation sites is 2. The van der Waals surface area contributed by atoms with Crippen LogP contribution in [0.4, 0.5) is 11.4 Å². The van der Waals surface area contributed by atoms with Gasteiger partial charge in [-0.1, -0.05) is 42.0 Å². The number of carbonyl (C=O) groups excluding carboxylic acids is 2. The second-order valence-corrected chi connectivity index (χ2v) is 6.20. The summed E-state index contributed by atoms with van der Waals surface area (Å²) in [6.07, 6.45) is 0. The molecule has 24 heavy (non-hydrogen) atoms. The molecule has 0 unspecified atom stereocenters. The van der Waals surface area contributed by atoms with Crippen molar-refractivity contribution in [3.05, 3.63) is 59.7 Å². The lowest BCUT2D eigenvalue weighted by atomic mass is 10.1. The summed E-state index contributed by atoms with van der Waals surface area (Å²) in [5.41, 5.74) is 3.82. The molecule has 3 rings (SSSR count). The van der Waals surface area contributed by atoms with Crippen LogP contribution in [0.3, 0.4) is 0 Å². The zero-order valence-electron chi connectivity index (χ0n) is 14.0. The number of nitrogens with zero attached hydrogens (tertiary/aromatic N) is 2. The van der Waals surface area contributed by atoms with Crippen molar-refractivity contribution >= 4 is 23.2 Å². The van der Waals surface area contributed by atoms with Crippen LogP contribution in [0.2, 0.25) is 0 Å². The number of nitrogens with one attached hydrogen (secondary N) is 1. The van der Waals surface area contributed by atoms with E-state index < -0.39 is 0 Å². The van der Waals surface area contributed by atoms with Crippen molar-refractivity contribution in [3.63, 3.8) is 0 Å². The minimum Gasteiger partial charge on any atom is -0.323 e. The van der Waals surface area contributed by atoms with Crippen molar-refractivity contribution in [1.82, 2.24) is 4.90 Å². The Morgan fingerprint density at radius 1 is 1.17 bits per heavy atom. The van der Waals surface area contributed by atoms with Gasteiger partial charge in [-0.15, -0.1) is 0 Å². The van der Waals surface area contributed by atoms with Crippen molar-refractivity contribution in [1.29, 1.82) is 0 Å². The molecule has 0 fully saturated rings. The molecule has 1 aliphatic heterocycles. The predicted octanol–water partition coefficient (Wildman–Crippen LogP) is 2.41. The molecule has 5 heteroatoms. The maximum atomic E-state index is 12.7. The molecule has 1 aliphatic rings. The van der Waals surface area contributed by atoms with Gasteiger partial charge < -0.3 is 5.32 Å². The van der Waals surface area contributed by atoms with Crippen LogP contribution in [0.25, 0.3) is 0 Å². The van der Waals surface area contributed by atoms with E-state index in [0.717, 1.165) is 11.3 Å². The first-order valence-corrected chi connectivity index (χ1v) is 7.96. The van der Waals surface area contributed by atoms with E-state index in [0.29, 0.717) is 12.2 Å². The molecule has 0 saturated heterocycles. The van der Waals surface area contributed by atoms with Gasteiger partial charge >= 0.3 is 0 Å². The number of hydrogen-bond donors (Lipinski definition) is 1. The Morgan fingerprint density at radius 3 is 2.62 bits per heavy atom. The van der Waals surface area contributed by atoms with Gasteiger partial charge in [-0.3, -0.25) is 19.4 Å². The lowest BCUT2D eigenvalue weighted by Gasteiger charge is -2.30. The maximum Gasteiger partial charge on any atom is 0.244 e. The van der Waals surface area contributed by atoms with E-state index in [-0.39, 0.29) is 24.9 Å². The van der Waals surface area contributed by atoms with E-state index in [1.165, 1.54) is 5.56 Å². The van der Waals surface area contributed by atoms with Gasteiger partial charge in [0.15, 0.2) is 0 Å². The third-order valence-electron chi connectivity index (χ3n) is 4.05. The molecular formula is C19H21N3O2. The highest BCUT2D eigenvalue weighted by molar-refractivity contribution is 6.10. The number of benzene rings is 2. The number of aryl methyl sites for hydroxylation is 1. The Hall–Kier alpha value is -2.66. The third kappa shape index (κ3) is 3.63. The summed E-state index contributed by atoms with van der Waals surface area (Å²) in [6.45, 7) is 3.06. The van der Waals surface area contributed by atoms with Crippen molar-refractivity contribution in [2.75, 3.05) is 30.4 Å². The average Bonchev–Trinajstić information content (AvgIpc) is 2.56. The van der Waals surface area contributed by atoms with E-state index in [9.17, 15) is 9.59 Å². The predicted molar refractivity (Wildman–Crippen MR) is 94.9 cm³/mol. The number of fused-ring (bicyclic) bond motifs is 1. The molecule has 5 nitrogen and oxygen atoms in total. The van der Waals surface area contributed by atoms with Crippen LogP contribution in [0, 0.1) is 6.92 Å². The monoisotopic (exact) mass is 323 g/mol. The summed E-state index contributed by atoms with van der Waals surface area (Å²) >= 11 is 0. The quantitative estimate of drug-likeness (QED) is 0.940. The molecule has 2 aromatic rings. The fourth-order valence-corrected chi connectivity index (χ4v) is 2.83. The Morgan fingerprint density at radius 2 is 1.88 bits per heavy atom. The molecule has 0 aromatic heterocycles. The van der Waals surface area contributed by atoms with Crippen LogP contribution in [0.5, 0.6) is 0 Å². The van der Waals surface area contributed by atoms with Gasteiger partial charge in [0.2, 0.25) is 11.8 Å². The molecule has 0 spiro atoms. The van der Waals surface area contributed by atoms with E-state index in [4.69, 9.17) is 0 Å². The topological polar surface area (TPSA) is 52.7 Å². The summed E-state index contributed by atoms with van der Waals surface area (Å²) in [7, 11) is 1.91. The molecule has 1 N–H and O–H groups in total. The second-order valence-electron chi connectivity index (χ2n) is 6.20. The number of amides is 2. The second kappa shape index (κ2) is 6.84. The number of likely N-dealkylation sites (N-methyl/N-ethyl adjacent to an activating group) is 1. The smallest absolute Gasteiger partial charge is 0.244 e. The average molecular weight is 323 g/mol. The molecule has 0 radical (unpaired) electrons. The fraction of sp³-hybridized carbons (Fsp3) is 0.263. The fourth-order valence-electron chi connectivity index (χ4n) is 2.83. The zero-order chi connectivity index (χ0) is 17.1. The van der Waals surface area contributed by atoms with Crippen molar-refractivity contribution in [2.24, 2.45) is 0 Å². The maximum absolute atomic E-state index is 12.7. The van der Waals surface area contributed by atoms with Crippen LogP contribution >= 0.6 is 0 Å². The summed E-state index contributed by atoms with van der Waals surface area (Å²) in [5.74, 6) is -0.241. The zero-order valence-corrected chi connectivity index (χ0v) is 14.0. The Kier molecular flexibility index (Phi) is 4.62. The van der Waals surface area contributed by atoms with Crippen LogP contribution in [0.1, 0.15) is 11.1 Å². The largest absolute Gasteiger partial charge is 0.323 e. The Labute approximate surface area is 141 Å². The highest BCUT2D eigenvalue weighted by atomic mass is 16.2. The number of carbonyl (C=O) groups is 2. The van der Waals surface area contributed by atoms with E-state index in [2.05, 4.69) is 36.5 Å². The van der Waals surface area contributed by atoms with Crippen LogP contribution in [0.15, 0.2) is 48.5 Å². The van der Waals surface area contributed by atoms with Gasteiger partial charge in [-0.25, -0.2) is 0 Å². The lowest BCUT2D eigenvalue weighted by molar-refractivity contribution is -0.122. The van der Waals surface area contributed by atoms with Gasteiger partial charge in [0.1, 0.15) is 6.54 Å². The normalized spacial score (nSPS) is 13.6. The van der Waals surface area contributed by atoms with Crippen molar-refractivity contribution in [2.45, 2.75) is 13.5 Å². The first kappa shape index (κ1) is 16.2. The molecule has 0 atom stereocenters. The van der Waals surface area contributed by atoms with E-state index in [1.807, 2.05) is 36.2 Å². The summed E-state index contributed by atoms with van der Waals surface area (Å²) < 4.78 is 0. The van der Waals surface area contributed by atoms with E-state index in [1.54, 1.807) is 4.90 Å². The molecule has 2 amide bonds.